The van der Waals surface area contributed by atoms with Crippen molar-refractivity contribution in [3.8, 4) is 11.1 Å². The molecule has 7 heteroatoms. The zero-order valence-corrected chi connectivity index (χ0v) is 12.5. The Hall–Kier alpha value is -2.67. The Bertz CT molecular complexity index is 822. The normalized spacial score (nSPS) is 20.4. The topological polar surface area (TPSA) is 121 Å². The van der Waals surface area contributed by atoms with Crippen LogP contribution < -0.4 is 22.3 Å². The van der Waals surface area contributed by atoms with Crippen LogP contribution in [0.5, 0.6) is 0 Å². The molecule has 0 unspecified atom stereocenters. The predicted molar refractivity (Wildman–Crippen MR) is 86.2 cm³/mol. The van der Waals surface area contributed by atoms with Crippen LogP contribution in [-0.2, 0) is 0 Å². The molecule has 1 aliphatic rings. The monoisotopic (exact) mass is 314 g/mol. The standard InChI is InChI=1S/C16H18N4O3/c17-11-5-6-12(7-11)19-14(21)10-3-1-9(2-4-10)13-8-18-16(23)20-15(13)22/h1-4,8,11-12H,5-7,17H2,(H,19,21)(H2,18,20,22,23)/t11-,12+/m1/s1. The van der Waals surface area contributed by atoms with Crippen LogP contribution >= 0.6 is 0 Å². The Morgan fingerprint density at radius 3 is 2.52 bits per heavy atom. The van der Waals surface area contributed by atoms with Crippen molar-refractivity contribution in [1.29, 1.82) is 0 Å². The van der Waals surface area contributed by atoms with Crippen molar-refractivity contribution in [3.63, 3.8) is 0 Å². The quantitative estimate of drug-likeness (QED) is 0.652. The average Bonchev–Trinajstić information content (AvgIpc) is 2.92. The first-order chi connectivity index (χ1) is 11.0. The van der Waals surface area contributed by atoms with E-state index in [0.717, 1.165) is 19.3 Å². The molecular formula is C16H18N4O3. The highest BCUT2D eigenvalue weighted by Crippen LogP contribution is 2.18. The molecule has 0 radical (unpaired) electrons. The number of carbonyl (C=O) groups is 1. The molecule has 0 spiro atoms. The fourth-order valence-electron chi connectivity index (χ4n) is 2.84. The second kappa shape index (κ2) is 6.21. The minimum atomic E-state index is -0.551. The molecule has 1 fully saturated rings. The number of aromatic amines is 2. The summed E-state index contributed by atoms with van der Waals surface area (Å²) in [6.07, 6.45) is 3.99. The molecule has 1 aromatic carbocycles. The molecule has 3 rings (SSSR count). The zero-order valence-electron chi connectivity index (χ0n) is 12.5. The van der Waals surface area contributed by atoms with E-state index in [9.17, 15) is 14.4 Å². The second-order valence-electron chi connectivity index (χ2n) is 5.81. The van der Waals surface area contributed by atoms with E-state index >= 15 is 0 Å². The summed E-state index contributed by atoms with van der Waals surface area (Å²) in [4.78, 5) is 39.6. The maximum Gasteiger partial charge on any atom is 0.325 e. The summed E-state index contributed by atoms with van der Waals surface area (Å²) in [5, 5.41) is 2.97. The molecule has 1 saturated carbocycles. The van der Waals surface area contributed by atoms with E-state index in [2.05, 4.69) is 15.3 Å². The number of aromatic nitrogens is 2. The van der Waals surface area contributed by atoms with Crippen LogP contribution in [0.25, 0.3) is 11.1 Å². The molecule has 0 saturated heterocycles. The van der Waals surface area contributed by atoms with Gasteiger partial charge in [0.05, 0.1) is 5.56 Å². The minimum absolute atomic E-state index is 0.124. The zero-order chi connectivity index (χ0) is 16.4. The Balaban J connectivity index is 1.75. The summed E-state index contributed by atoms with van der Waals surface area (Å²) in [7, 11) is 0. The van der Waals surface area contributed by atoms with Crippen LogP contribution in [0.15, 0.2) is 40.1 Å². The van der Waals surface area contributed by atoms with Crippen LogP contribution in [0.1, 0.15) is 29.6 Å². The lowest BCUT2D eigenvalue weighted by molar-refractivity contribution is 0.0937. The van der Waals surface area contributed by atoms with E-state index in [1.54, 1.807) is 24.3 Å². The number of amides is 1. The van der Waals surface area contributed by atoms with E-state index in [0.29, 0.717) is 16.7 Å². The second-order valence-corrected chi connectivity index (χ2v) is 5.81. The first-order valence-electron chi connectivity index (χ1n) is 7.52. The molecule has 0 aliphatic heterocycles. The van der Waals surface area contributed by atoms with Crippen molar-refractivity contribution >= 4 is 5.91 Å². The van der Waals surface area contributed by atoms with Crippen LogP contribution in [0.2, 0.25) is 0 Å². The lowest BCUT2D eigenvalue weighted by Crippen LogP contribution is -2.34. The van der Waals surface area contributed by atoms with Crippen molar-refractivity contribution < 1.29 is 4.79 Å². The SMILES string of the molecule is N[C@@H]1CC[C@H](NC(=O)c2ccc(-c3c[nH]c(=O)[nH]c3=O)cc2)C1. The molecule has 1 heterocycles. The van der Waals surface area contributed by atoms with E-state index in [1.165, 1.54) is 6.20 Å². The molecular weight excluding hydrogens is 296 g/mol. The molecule has 5 N–H and O–H groups in total. The molecule has 1 amide bonds. The van der Waals surface area contributed by atoms with Gasteiger partial charge in [0.1, 0.15) is 0 Å². The highest BCUT2D eigenvalue weighted by Gasteiger charge is 2.23. The van der Waals surface area contributed by atoms with Crippen LogP contribution in [0.4, 0.5) is 0 Å². The Labute approximate surface area is 131 Å². The molecule has 1 aliphatic carbocycles. The van der Waals surface area contributed by atoms with Gasteiger partial charge in [0.15, 0.2) is 0 Å². The molecule has 2 atom stereocenters. The number of carbonyl (C=O) groups excluding carboxylic acids is 1. The van der Waals surface area contributed by atoms with Gasteiger partial charge in [-0.15, -0.1) is 0 Å². The lowest BCUT2D eigenvalue weighted by Gasteiger charge is -2.12. The predicted octanol–water partition coefficient (Wildman–Crippen LogP) is 0.340. The number of hydrogen-bond donors (Lipinski definition) is 4. The van der Waals surface area contributed by atoms with Gasteiger partial charge < -0.3 is 16.0 Å². The number of nitrogens with two attached hydrogens (primary N) is 1. The third-order valence-corrected chi connectivity index (χ3v) is 4.09. The summed E-state index contributed by atoms with van der Waals surface area (Å²) in [6, 6.07) is 6.96. The molecule has 23 heavy (non-hydrogen) atoms. The van der Waals surface area contributed by atoms with Crippen LogP contribution in [-0.4, -0.2) is 28.0 Å². The number of nitrogens with one attached hydrogen (secondary N) is 3. The van der Waals surface area contributed by atoms with Gasteiger partial charge in [0.2, 0.25) is 0 Å². The first-order valence-corrected chi connectivity index (χ1v) is 7.52. The summed E-state index contributed by atoms with van der Waals surface area (Å²) in [5.41, 5.74) is 6.32. The number of H-pyrrole nitrogens is 2. The fraction of sp³-hybridized carbons (Fsp3) is 0.312. The van der Waals surface area contributed by atoms with E-state index in [4.69, 9.17) is 5.73 Å². The van der Waals surface area contributed by atoms with Gasteiger partial charge in [-0.3, -0.25) is 14.6 Å². The van der Waals surface area contributed by atoms with Crippen molar-refractivity contribution in [1.82, 2.24) is 15.3 Å². The smallest absolute Gasteiger partial charge is 0.325 e. The fourth-order valence-corrected chi connectivity index (χ4v) is 2.84. The molecule has 1 aromatic heterocycles. The van der Waals surface area contributed by atoms with Crippen LogP contribution in [0.3, 0.4) is 0 Å². The van der Waals surface area contributed by atoms with Gasteiger partial charge in [-0.1, -0.05) is 12.1 Å². The van der Waals surface area contributed by atoms with Crippen molar-refractivity contribution in [2.24, 2.45) is 5.73 Å². The maximum atomic E-state index is 12.2. The van der Waals surface area contributed by atoms with Gasteiger partial charge in [-0.05, 0) is 37.0 Å². The third kappa shape index (κ3) is 3.40. The number of benzene rings is 1. The third-order valence-electron chi connectivity index (χ3n) is 4.09. The Morgan fingerprint density at radius 2 is 1.91 bits per heavy atom. The molecule has 7 nitrogen and oxygen atoms in total. The molecule has 2 aromatic rings. The highest BCUT2D eigenvalue weighted by molar-refractivity contribution is 5.94. The van der Waals surface area contributed by atoms with Gasteiger partial charge >= 0.3 is 5.69 Å². The van der Waals surface area contributed by atoms with E-state index in [-0.39, 0.29) is 18.0 Å². The lowest BCUT2D eigenvalue weighted by atomic mass is 10.1. The molecule has 0 bridgehead atoms. The van der Waals surface area contributed by atoms with E-state index < -0.39 is 11.2 Å². The van der Waals surface area contributed by atoms with Gasteiger partial charge in [-0.25, -0.2) is 4.79 Å². The van der Waals surface area contributed by atoms with Gasteiger partial charge in [-0.2, -0.15) is 0 Å². The summed E-state index contributed by atoms with van der Waals surface area (Å²) < 4.78 is 0. The van der Waals surface area contributed by atoms with E-state index in [1.807, 2.05) is 0 Å². The highest BCUT2D eigenvalue weighted by atomic mass is 16.2. The summed E-state index contributed by atoms with van der Waals surface area (Å²) in [6.45, 7) is 0. The largest absolute Gasteiger partial charge is 0.349 e. The Morgan fingerprint density at radius 1 is 1.17 bits per heavy atom. The average molecular weight is 314 g/mol. The summed E-state index contributed by atoms with van der Waals surface area (Å²) in [5.74, 6) is -0.147. The van der Waals surface area contributed by atoms with Gasteiger partial charge in [0.25, 0.3) is 11.5 Å². The van der Waals surface area contributed by atoms with Crippen LogP contribution in [0, 0.1) is 0 Å². The first kappa shape index (κ1) is 15.2. The number of rotatable bonds is 3. The van der Waals surface area contributed by atoms with Gasteiger partial charge in [0, 0.05) is 23.8 Å². The van der Waals surface area contributed by atoms with Crippen molar-refractivity contribution in [2.75, 3.05) is 0 Å². The maximum absolute atomic E-state index is 12.2. The minimum Gasteiger partial charge on any atom is -0.349 e. The summed E-state index contributed by atoms with van der Waals surface area (Å²) >= 11 is 0. The van der Waals surface area contributed by atoms with Crippen molar-refractivity contribution in [3.05, 3.63) is 56.9 Å². The van der Waals surface area contributed by atoms with Crippen molar-refractivity contribution in [2.45, 2.75) is 31.3 Å². The molecule has 120 valence electrons. The Kier molecular flexibility index (Phi) is 4.12. The number of hydrogen-bond acceptors (Lipinski definition) is 4.